The second-order valence-electron chi connectivity index (χ2n) is 5.92. The van der Waals surface area contributed by atoms with E-state index in [1.54, 1.807) is 11.8 Å². The van der Waals surface area contributed by atoms with Crippen LogP contribution in [-0.4, -0.2) is 28.0 Å². The van der Waals surface area contributed by atoms with Gasteiger partial charge < -0.3 is 14.0 Å². The molecular formula is C16H18ClN3O2S. The van der Waals surface area contributed by atoms with Crippen LogP contribution in [0, 0.1) is 0 Å². The summed E-state index contributed by atoms with van der Waals surface area (Å²) >= 11 is 8.00. The van der Waals surface area contributed by atoms with Crippen LogP contribution in [0.15, 0.2) is 17.3 Å². The Morgan fingerprint density at radius 3 is 2.91 bits per heavy atom. The zero-order valence-electron chi connectivity index (χ0n) is 12.9. The van der Waals surface area contributed by atoms with Crippen molar-refractivity contribution >= 4 is 23.4 Å². The van der Waals surface area contributed by atoms with Crippen molar-refractivity contribution in [2.24, 2.45) is 7.05 Å². The average molecular weight is 352 g/mol. The number of rotatable bonds is 4. The van der Waals surface area contributed by atoms with Crippen molar-refractivity contribution in [3.63, 3.8) is 0 Å². The Morgan fingerprint density at radius 1 is 1.26 bits per heavy atom. The lowest BCUT2D eigenvalue weighted by Gasteiger charge is -2.11. The van der Waals surface area contributed by atoms with Crippen LogP contribution in [-0.2, 0) is 12.8 Å². The van der Waals surface area contributed by atoms with Crippen LogP contribution in [0.5, 0.6) is 11.5 Å². The summed E-state index contributed by atoms with van der Waals surface area (Å²) < 4.78 is 13.5. The number of hydrogen-bond acceptors (Lipinski definition) is 5. The highest BCUT2D eigenvalue weighted by molar-refractivity contribution is 7.98. The predicted octanol–water partition coefficient (Wildman–Crippen LogP) is 3.80. The lowest BCUT2D eigenvalue weighted by Crippen LogP contribution is -1.97. The summed E-state index contributed by atoms with van der Waals surface area (Å²) in [4.78, 5) is 0. The summed E-state index contributed by atoms with van der Waals surface area (Å²) in [7, 11) is 2.04. The molecule has 2 aliphatic rings. The third-order valence-electron chi connectivity index (χ3n) is 4.04. The molecule has 2 aromatic rings. The highest BCUT2D eigenvalue weighted by atomic mass is 35.5. The summed E-state index contributed by atoms with van der Waals surface area (Å²) in [5.74, 6) is 3.88. The van der Waals surface area contributed by atoms with E-state index in [1.807, 2.05) is 19.2 Å². The van der Waals surface area contributed by atoms with Crippen molar-refractivity contribution in [1.29, 1.82) is 0 Å². The van der Waals surface area contributed by atoms with E-state index >= 15 is 0 Å². The highest BCUT2D eigenvalue weighted by Crippen LogP contribution is 2.41. The number of nitrogens with zero attached hydrogens (tertiary/aromatic N) is 3. The van der Waals surface area contributed by atoms with Gasteiger partial charge in [-0.1, -0.05) is 23.4 Å². The summed E-state index contributed by atoms with van der Waals surface area (Å²) in [6.45, 7) is 1.30. The lowest BCUT2D eigenvalue weighted by atomic mass is 10.2. The van der Waals surface area contributed by atoms with Gasteiger partial charge >= 0.3 is 0 Å². The number of thioether (sulfide) groups is 1. The fourth-order valence-electron chi connectivity index (χ4n) is 2.66. The van der Waals surface area contributed by atoms with Gasteiger partial charge in [0.25, 0.3) is 0 Å². The first-order chi connectivity index (χ1) is 11.2. The molecule has 7 heteroatoms. The molecule has 1 aromatic carbocycles. The Labute approximate surface area is 144 Å². The van der Waals surface area contributed by atoms with E-state index in [0.29, 0.717) is 29.9 Å². The van der Waals surface area contributed by atoms with E-state index in [9.17, 15) is 0 Å². The largest absolute Gasteiger partial charge is 0.489 e. The van der Waals surface area contributed by atoms with Crippen LogP contribution >= 0.6 is 23.4 Å². The average Bonchev–Trinajstić information content (AvgIpc) is 3.33. The van der Waals surface area contributed by atoms with Gasteiger partial charge in [0.05, 0.1) is 18.2 Å². The van der Waals surface area contributed by atoms with Gasteiger partial charge in [-0.05, 0) is 30.5 Å². The first-order valence-electron chi connectivity index (χ1n) is 7.82. The highest BCUT2D eigenvalue weighted by Gasteiger charge is 2.29. The molecule has 0 unspecified atom stereocenters. The fourth-order valence-corrected chi connectivity index (χ4v) is 3.80. The van der Waals surface area contributed by atoms with E-state index in [4.69, 9.17) is 21.1 Å². The quantitative estimate of drug-likeness (QED) is 0.784. The Hall–Kier alpha value is -1.40. The maximum Gasteiger partial charge on any atom is 0.191 e. The second-order valence-corrected chi connectivity index (χ2v) is 7.27. The summed E-state index contributed by atoms with van der Waals surface area (Å²) in [6, 6.07) is 3.96. The van der Waals surface area contributed by atoms with Gasteiger partial charge in [-0.2, -0.15) is 0 Å². The molecule has 5 nitrogen and oxygen atoms in total. The molecule has 2 heterocycles. The number of hydrogen-bond donors (Lipinski definition) is 0. The van der Waals surface area contributed by atoms with Gasteiger partial charge in [0.2, 0.25) is 0 Å². The van der Waals surface area contributed by atoms with E-state index in [2.05, 4.69) is 14.8 Å². The molecule has 0 bridgehead atoms. The monoisotopic (exact) mass is 351 g/mol. The molecule has 1 aromatic heterocycles. The van der Waals surface area contributed by atoms with Crippen molar-refractivity contribution in [2.45, 2.75) is 36.1 Å². The van der Waals surface area contributed by atoms with Gasteiger partial charge in [0.15, 0.2) is 16.7 Å². The molecule has 1 aliphatic carbocycles. The third-order valence-corrected chi connectivity index (χ3v) is 5.41. The molecule has 1 fully saturated rings. The molecule has 0 N–H and O–H groups in total. The molecule has 0 radical (unpaired) electrons. The summed E-state index contributed by atoms with van der Waals surface area (Å²) in [6.07, 6.45) is 3.33. The van der Waals surface area contributed by atoms with Crippen LogP contribution in [0.3, 0.4) is 0 Å². The number of ether oxygens (including phenoxy) is 2. The SMILES string of the molecule is Cn1c(SCc2cc(Cl)c3c(c2)OCCCO3)nnc1C1CC1. The summed E-state index contributed by atoms with van der Waals surface area (Å²) in [5, 5.41) is 10.2. The van der Waals surface area contributed by atoms with Gasteiger partial charge in [0, 0.05) is 25.1 Å². The van der Waals surface area contributed by atoms with Crippen LogP contribution in [0.4, 0.5) is 0 Å². The molecule has 1 saturated carbocycles. The topological polar surface area (TPSA) is 49.2 Å². The van der Waals surface area contributed by atoms with Crippen LogP contribution < -0.4 is 9.47 Å². The van der Waals surface area contributed by atoms with Gasteiger partial charge in [-0.25, -0.2) is 0 Å². The molecule has 0 spiro atoms. The normalized spacial score (nSPS) is 17.1. The molecule has 1 aliphatic heterocycles. The number of fused-ring (bicyclic) bond motifs is 1. The first-order valence-corrected chi connectivity index (χ1v) is 9.19. The van der Waals surface area contributed by atoms with Crippen molar-refractivity contribution in [1.82, 2.24) is 14.8 Å². The predicted molar refractivity (Wildman–Crippen MR) is 89.6 cm³/mol. The zero-order chi connectivity index (χ0) is 15.8. The van der Waals surface area contributed by atoms with Crippen LogP contribution in [0.25, 0.3) is 0 Å². The first kappa shape index (κ1) is 15.1. The maximum atomic E-state index is 6.34. The van der Waals surface area contributed by atoms with Gasteiger partial charge in [0.1, 0.15) is 5.82 Å². The number of benzene rings is 1. The molecular weight excluding hydrogens is 334 g/mol. The van der Waals surface area contributed by atoms with Gasteiger partial charge in [-0.3, -0.25) is 0 Å². The van der Waals surface area contributed by atoms with Crippen molar-refractivity contribution in [3.8, 4) is 11.5 Å². The van der Waals surface area contributed by atoms with Crippen molar-refractivity contribution in [3.05, 3.63) is 28.5 Å². The van der Waals surface area contributed by atoms with Crippen molar-refractivity contribution in [2.75, 3.05) is 13.2 Å². The standard InChI is InChI=1S/C16H18ClN3O2S/c1-20-15(11-3-4-11)18-19-16(20)23-9-10-7-12(17)14-13(8-10)21-5-2-6-22-14/h7-8,11H,2-6,9H2,1H3. The Balaban J connectivity index is 1.50. The molecule has 23 heavy (non-hydrogen) atoms. The lowest BCUT2D eigenvalue weighted by molar-refractivity contribution is 0.297. The molecule has 122 valence electrons. The van der Waals surface area contributed by atoms with E-state index in [1.165, 1.54) is 12.8 Å². The van der Waals surface area contributed by atoms with Crippen LogP contribution in [0.2, 0.25) is 5.02 Å². The minimum absolute atomic E-state index is 0.606. The van der Waals surface area contributed by atoms with E-state index in [0.717, 1.165) is 34.5 Å². The summed E-state index contributed by atoms with van der Waals surface area (Å²) in [5.41, 5.74) is 1.10. The van der Waals surface area contributed by atoms with E-state index < -0.39 is 0 Å². The number of halogens is 1. The van der Waals surface area contributed by atoms with Gasteiger partial charge in [-0.15, -0.1) is 10.2 Å². The molecule has 0 amide bonds. The number of aromatic nitrogens is 3. The smallest absolute Gasteiger partial charge is 0.191 e. The van der Waals surface area contributed by atoms with E-state index in [-0.39, 0.29) is 0 Å². The molecule has 4 rings (SSSR count). The Bertz CT molecular complexity index is 730. The second kappa shape index (κ2) is 6.24. The molecule has 0 saturated heterocycles. The minimum atomic E-state index is 0.606. The maximum absolute atomic E-state index is 6.34. The van der Waals surface area contributed by atoms with Crippen molar-refractivity contribution < 1.29 is 9.47 Å². The van der Waals surface area contributed by atoms with Crippen LogP contribution in [0.1, 0.15) is 36.6 Å². The Morgan fingerprint density at radius 2 is 2.09 bits per heavy atom. The fraction of sp³-hybridized carbons (Fsp3) is 0.500. The third kappa shape index (κ3) is 3.15. The minimum Gasteiger partial charge on any atom is -0.489 e. The Kier molecular flexibility index (Phi) is 4.11. The zero-order valence-corrected chi connectivity index (χ0v) is 14.5. The molecule has 0 atom stereocenters.